The molecule has 0 atom stereocenters. The zero-order chi connectivity index (χ0) is 11.5. The highest BCUT2D eigenvalue weighted by molar-refractivity contribution is 6.31. The van der Waals surface area contributed by atoms with E-state index in [0.29, 0.717) is 0 Å². The van der Waals surface area contributed by atoms with Crippen LogP contribution < -0.4 is 0 Å². The quantitative estimate of drug-likeness (QED) is 0.819. The highest BCUT2D eigenvalue weighted by atomic mass is 35.5. The van der Waals surface area contributed by atoms with Crippen molar-refractivity contribution in [2.24, 2.45) is 7.05 Å². The standard InChI is InChI=1S/C12H14ClN3/c1-9-7-10(4-6-12(9)13)3-5-11-8-16(2)15-14-11/h4,6-8H,3,5H2,1-2H3. The van der Waals surface area contributed by atoms with Crippen LogP contribution in [0.15, 0.2) is 24.4 Å². The molecule has 0 amide bonds. The van der Waals surface area contributed by atoms with E-state index in [1.165, 1.54) is 5.56 Å². The second kappa shape index (κ2) is 4.66. The molecular weight excluding hydrogens is 222 g/mol. The number of aromatic nitrogens is 3. The van der Waals surface area contributed by atoms with Gasteiger partial charge in [0.2, 0.25) is 0 Å². The van der Waals surface area contributed by atoms with Gasteiger partial charge in [-0.2, -0.15) is 0 Å². The summed E-state index contributed by atoms with van der Waals surface area (Å²) in [5.74, 6) is 0. The molecule has 1 aromatic carbocycles. The van der Waals surface area contributed by atoms with E-state index in [1.807, 2.05) is 26.2 Å². The summed E-state index contributed by atoms with van der Waals surface area (Å²) in [7, 11) is 1.88. The minimum atomic E-state index is 0.822. The number of aryl methyl sites for hydroxylation is 4. The SMILES string of the molecule is Cc1cc(CCc2cn(C)nn2)ccc1Cl. The van der Waals surface area contributed by atoms with Crippen LogP contribution in [0.2, 0.25) is 5.02 Å². The maximum absolute atomic E-state index is 5.98. The van der Waals surface area contributed by atoms with Gasteiger partial charge in [-0.15, -0.1) is 5.10 Å². The van der Waals surface area contributed by atoms with E-state index >= 15 is 0 Å². The average molecular weight is 236 g/mol. The molecule has 0 radical (unpaired) electrons. The molecule has 1 aromatic heterocycles. The first-order valence-electron chi connectivity index (χ1n) is 5.25. The molecule has 84 valence electrons. The minimum absolute atomic E-state index is 0.822. The van der Waals surface area contributed by atoms with Gasteiger partial charge in [0.15, 0.2) is 0 Å². The van der Waals surface area contributed by atoms with Gasteiger partial charge in [0.25, 0.3) is 0 Å². The van der Waals surface area contributed by atoms with E-state index in [-0.39, 0.29) is 0 Å². The van der Waals surface area contributed by atoms with Gasteiger partial charge in [-0.3, -0.25) is 4.68 Å². The van der Waals surface area contributed by atoms with E-state index < -0.39 is 0 Å². The molecule has 3 nitrogen and oxygen atoms in total. The summed E-state index contributed by atoms with van der Waals surface area (Å²) in [6, 6.07) is 6.13. The van der Waals surface area contributed by atoms with Crippen molar-refractivity contribution in [2.45, 2.75) is 19.8 Å². The Bertz CT molecular complexity index is 491. The summed E-state index contributed by atoms with van der Waals surface area (Å²) in [6.45, 7) is 2.02. The summed E-state index contributed by atoms with van der Waals surface area (Å²) in [5.41, 5.74) is 3.43. The number of rotatable bonds is 3. The van der Waals surface area contributed by atoms with E-state index in [9.17, 15) is 0 Å². The van der Waals surface area contributed by atoms with Gasteiger partial charge in [0.1, 0.15) is 0 Å². The van der Waals surface area contributed by atoms with Gasteiger partial charge in [0.05, 0.1) is 5.69 Å². The molecule has 0 spiro atoms. The molecule has 0 fully saturated rings. The highest BCUT2D eigenvalue weighted by Gasteiger charge is 2.01. The zero-order valence-electron chi connectivity index (χ0n) is 9.44. The molecular formula is C12H14ClN3. The van der Waals surface area contributed by atoms with Crippen molar-refractivity contribution in [3.63, 3.8) is 0 Å². The molecule has 1 heterocycles. The number of hydrogen-bond acceptors (Lipinski definition) is 2. The van der Waals surface area contributed by atoms with Gasteiger partial charge >= 0.3 is 0 Å². The lowest BCUT2D eigenvalue weighted by atomic mass is 10.1. The fraction of sp³-hybridized carbons (Fsp3) is 0.333. The van der Waals surface area contributed by atoms with E-state index in [2.05, 4.69) is 22.4 Å². The van der Waals surface area contributed by atoms with Crippen LogP contribution in [-0.4, -0.2) is 15.0 Å². The first kappa shape index (κ1) is 11.1. The Labute approximate surface area is 100 Å². The number of hydrogen-bond donors (Lipinski definition) is 0. The van der Waals surface area contributed by atoms with Crippen molar-refractivity contribution in [1.29, 1.82) is 0 Å². The summed E-state index contributed by atoms with van der Waals surface area (Å²) < 4.78 is 1.72. The van der Waals surface area contributed by atoms with Crippen LogP contribution in [-0.2, 0) is 19.9 Å². The van der Waals surface area contributed by atoms with Crippen LogP contribution in [0.5, 0.6) is 0 Å². The first-order chi connectivity index (χ1) is 7.65. The Hall–Kier alpha value is -1.35. The van der Waals surface area contributed by atoms with Crippen molar-refractivity contribution >= 4 is 11.6 Å². The first-order valence-corrected chi connectivity index (χ1v) is 5.63. The van der Waals surface area contributed by atoms with Crippen LogP contribution in [0.25, 0.3) is 0 Å². The van der Waals surface area contributed by atoms with Crippen LogP contribution >= 0.6 is 11.6 Å². The molecule has 0 aliphatic rings. The van der Waals surface area contributed by atoms with E-state index in [0.717, 1.165) is 29.1 Å². The second-order valence-electron chi connectivity index (χ2n) is 3.97. The van der Waals surface area contributed by atoms with Crippen molar-refractivity contribution < 1.29 is 0 Å². The van der Waals surface area contributed by atoms with Crippen LogP contribution in [0, 0.1) is 6.92 Å². The van der Waals surface area contributed by atoms with Crippen LogP contribution in [0.4, 0.5) is 0 Å². The normalized spacial score (nSPS) is 10.7. The molecule has 0 bridgehead atoms. The van der Waals surface area contributed by atoms with Gasteiger partial charge < -0.3 is 0 Å². The molecule has 2 rings (SSSR count). The minimum Gasteiger partial charge on any atom is -0.255 e. The fourth-order valence-corrected chi connectivity index (χ4v) is 1.76. The van der Waals surface area contributed by atoms with Crippen molar-refractivity contribution in [2.75, 3.05) is 0 Å². The molecule has 0 aliphatic heterocycles. The average Bonchev–Trinajstić information content (AvgIpc) is 2.66. The lowest BCUT2D eigenvalue weighted by Crippen LogP contribution is -1.92. The number of halogens is 1. The Morgan fingerprint density at radius 1 is 1.31 bits per heavy atom. The molecule has 16 heavy (non-hydrogen) atoms. The highest BCUT2D eigenvalue weighted by Crippen LogP contribution is 2.17. The van der Waals surface area contributed by atoms with E-state index in [4.69, 9.17) is 11.6 Å². The van der Waals surface area contributed by atoms with Crippen LogP contribution in [0.1, 0.15) is 16.8 Å². The third-order valence-electron chi connectivity index (χ3n) is 2.54. The predicted molar refractivity (Wildman–Crippen MR) is 64.6 cm³/mol. The number of nitrogens with zero attached hydrogens (tertiary/aromatic N) is 3. The summed E-state index contributed by atoms with van der Waals surface area (Å²) in [5, 5.41) is 8.79. The van der Waals surface area contributed by atoms with Gasteiger partial charge in [-0.25, -0.2) is 0 Å². The second-order valence-corrected chi connectivity index (χ2v) is 4.37. The van der Waals surface area contributed by atoms with E-state index in [1.54, 1.807) is 4.68 Å². The van der Waals surface area contributed by atoms with Crippen LogP contribution in [0.3, 0.4) is 0 Å². The maximum atomic E-state index is 5.98. The Balaban J connectivity index is 2.02. The topological polar surface area (TPSA) is 30.7 Å². The summed E-state index contributed by atoms with van der Waals surface area (Å²) in [4.78, 5) is 0. The molecule has 0 aliphatic carbocycles. The molecule has 0 unspecified atom stereocenters. The van der Waals surface area contributed by atoms with Gasteiger partial charge in [-0.05, 0) is 37.0 Å². The zero-order valence-corrected chi connectivity index (χ0v) is 10.2. The predicted octanol–water partition coefficient (Wildman–Crippen LogP) is 2.56. The van der Waals surface area contributed by atoms with Gasteiger partial charge in [0, 0.05) is 18.3 Å². The largest absolute Gasteiger partial charge is 0.255 e. The molecule has 2 aromatic rings. The maximum Gasteiger partial charge on any atom is 0.0830 e. The molecule has 4 heteroatoms. The lowest BCUT2D eigenvalue weighted by molar-refractivity contribution is 0.713. The summed E-state index contributed by atoms with van der Waals surface area (Å²) >= 11 is 5.98. The Kier molecular flexibility index (Phi) is 3.25. The molecule has 0 N–H and O–H groups in total. The summed E-state index contributed by atoms with van der Waals surface area (Å²) in [6.07, 6.45) is 3.83. The fourth-order valence-electron chi connectivity index (χ4n) is 1.64. The smallest absolute Gasteiger partial charge is 0.0830 e. The van der Waals surface area contributed by atoms with Crippen molar-refractivity contribution in [3.8, 4) is 0 Å². The van der Waals surface area contributed by atoms with Crippen molar-refractivity contribution in [3.05, 3.63) is 46.2 Å². The van der Waals surface area contributed by atoms with Crippen molar-refractivity contribution in [1.82, 2.24) is 15.0 Å². The Morgan fingerprint density at radius 2 is 2.12 bits per heavy atom. The number of benzene rings is 1. The third kappa shape index (κ3) is 2.61. The third-order valence-corrected chi connectivity index (χ3v) is 2.97. The molecule has 0 saturated heterocycles. The monoisotopic (exact) mass is 235 g/mol. The Morgan fingerprint density at radius 3 is 2.75 bits per heavy atom. The molecule has 0 saturated carbocycles. The van der Waals surface area contributed by atoms with Gasteiger partial charge in [-0.1, -0.05) is 28.9 Å². The lowest BCUT2D eigenvalue weighted by Gasteiger charge is -2.02.